The predicted molar refractivity (Wildman–Crippen MR) is 102 cm³/mol. The molecule has 2 aromatic rings. The number of anilines is 1. The summed E-state index contributed by atoms with van der Waals surface area (Å²) in [4.78, 5) is 12.5. The minimum Gasteiger partial charge on any atom is -0.493 e. The second kappa shape index (κ2) is 7.90. The van der Waals surface area contributed by atoms with Crippen molar-refractivity contribution in [3.8, 4) is 5.75 Å². The van der Waals surface area contributed by atoms with Gasteiger partial charge in [0.1, 0.15) is 5.75 Å². The lowest BCUT2D eigenvalue weighted by Gasteiger charge is -2.13. The average molecular weight is 425 g/mol. The summed E-state index contributed by atoms with van der Waals surface area (Å²) in [6.07, 6.45) is -1.13. The summed E-state index contributed by atoms with van der Waals surface area (Å²) in [6, 6.07) is 8.99. The highest BCUT2D eigenvalue weighted by molar-refractivity contribution is 7.90. The molecule has 0 saturated heterocycles. The van der Waals surface area contributed by atoms with Gasteiger partial charge in [0.2, 0.25) is 5.91 Å². The van der Waals surface area contributed by atoms with E-state index in [1.165, 1.54) is 30.3 Å². The van der Waals surface area contributed by atoms with Crippen molar-refractivity contribution in [2.45, 2.75) is 23.9 Å². The summed E-state index contributed by atoms with van der Waals surface area (Å²) in [6.45, 7) is 0.240. The lowest BCUT2D eigenvalue weighted by Crippen LogP contribution is -2.10. The summed E-state index contributed by atoms with van der Waals surface area (Å²) >= 11 is 0. The highest BCUT2D eigenvalue weighted by Gasteiger charge is 2.32. The number of allylic oxidation sites excluding steroid dienone is 1. The molecule has 1 aliphatic heterocycles. The molecular formula is C20H18F3NO4S. The second-order valence-electron chi connectivity index (χ2n) is 6.62. The number of hydrogen-bond acceptors (Lipinski definition) is 4. The first-order valence-electron chi connectivity index (χ1n) is 8.70. The number of benzene rings is 2. The van der Waals surface area contributed by atoms with Crippen LogP contribution in [-0.4, -0.2) is 27.2 Å². The van der Waals surface area contributed by atoms with Crippen LogP contribution in [0.1, 0.15) is 24.0 Å². The molecule has 1 N–H and O–H groups in total. The SMILES string of the molecule is CS(=O)(=O)c1cccc(NC(=O)/C=C2\CCCOc3cc(C(F)(F)F)ccc32)c1. The Balaban J connectivity index is 1.88. The van der Waals surface area contributed by atoms with Crippen molar-refractivity contribution in [2.24, 2.45) is 0 Å². The van der Waals surface area contributed by atoms with Crippen LogP contribution in [0.25, 0.3) is 5.57 Å². The lowest BCUT2D eigenvalue weighted by atomic mass is 9.99. The number of fused-ring (bicyclic) bond motifs is 1. The van der Waals surface area contributed by atoms with Crippen molar-refractivity contribution in [2.75, 3.05) is 18.2 Å². The van der Waals surface area contributed by atoms with Gasteiger partial charge in [-0.25, -0.2) is 8.42 Å². The topological polar surface area (TPSA) is 72.5 Å². The van der Waals surface area contributed by atoms with Gasteiger partial charge in [-0.15, -0.1) is 0 Å². The molecular weight excluding hydrogens is 407 g/mol. The zero-order valence-corrected chi connectivity index (χ0v) is 16.2. The molecule has 1 heterocycles. The van der Waals surface area contributed by atoms with Crippen LogP contribution in [0.3, 0.4) is 0 Å². The van der Waals surface area contributed by atoms with Gasteiger partial charge >= 0.3 is 6.18 Å². The fourth-order valence-electron chi connectivity index (χ4n) is 2.95. The van der Waals surface area contributed by atoms with Gasteiger partial charge in [-0.3, -0.25) is 4.79 Å². The van der Waals surface area contributed by atoms with Gasteiger partial charge in [0.05, 0.1) is 17.1 Å². The van der Waals surface area contributed by atoms with E-state index in [4.69, 9.17) is 4.74 Å². The van der Waals surface area contributed by atoms with Gasteiger partial charge in [0.25, 0.3) is 0 Å². The maximum atomic E-state index is 12.9. The number of rotatable bonds is 3. The van der Waals surface area contributed by atoms with Crippen LogP contribution in [0.2, 0.25) is 0 Å². The number of sulfone groups is 1. The zero-order chi connectivity index (χ0) is 21.2. The molecule has 1 aliphatic rings. The molecule has 0 fully saturated rings. The normalized spacial score (nSPS) is 15.9. The number of amides is 1. The summed E-state index contributed by atoms with van der Waals surface area (Å²) in [5.74, 6) is -0.436. The Labute approximate surface area is 166 Å². The molecule has 0 unspecified atom stereocenters. The third kappa shape index (κ3) is 5.17. The lowest BCUT2D eigenvalue weighted by molar-refractivity contribution is -0.137. The molecule has 0 aromatic heterocycles. The van der Waals surface area contributed by atoms with E-state index in [0.29, 0.717) is 29.7 Å². The van der Waals surface area contributed by atoms with E-state index in [0.717, 1.165) is 18.4 Å². The molecule has 0 atom stereocenters. The number of ether oxygens (including phenoxy) is 1. The van der Waals surface area contributed by atoms with E-state index in [2.05, 4.69) is 5.32 Å². The van der Waals surface area contributed by atoms with Crippen LogP contribution in [0, 0.1) is 0 Å². The standard InChI is InChI=1S/C20H18F3NO4S/c1-29(26,27)16-6-2-5-15(12-16)24-19(25)10-13-4-3-9-28-18-11-14(20(21,22)23)7-8-17(13)18/h2,5-8,10-12H,3-4,9H2,1H3,(H,24,25)/b13-10+. The molecule has 0 radical (unpaired) electrons. The minimum absolute atomic E-state index is 0.0656. The third-order valence-electron chi connectivity index (χ3n) is 4.34. The summed E-state index contributed by atoms with van der Waals surface area (Å²) in [7, 11) is -3.42. The minimum atomic E-state index is -4.49. The molecule has 0 spiro atoms. The van der Waals surface area contributed by atoms with Gasteiger partial charge in [-0.2, -0.15) is 13.2 Å². The summed E-state index contributed by atoms with van der Waals surface area (Å²) in [5.41, 5.74) is 0.449. The van der Waals surface area contributed by atoms with E-state index in [-0.39, 0.29) is 17.3 Å². The Morgan fingerprint density at radius 1 is 1.17 bits per heavy atom. The van der Waals surface area contributed by atoms with Crippen molar-refractivity contribution in [3.05, 3.63) is 59.7 Å². The monoisotopic (exact) mass is 425 g/mol. The third-order valence-corrected chi connectivity index (χ3v) is 5.45. The fourth-order valence-corrected chi connectivity index (χ4v) is 3.62. The van der Waals surface area contributed by atoms with Crippen LogP contribution in [-0.2, 0) is 20.8 Å². The molecule has 9 heteroatoms. The van der Waals surface area contributed by atoms with E-state index < -0.39 is 27.5 Å². The van der Waals surface area contributed by atoms with Crippen molar-refractivity contribution >= 4 is 27.0 Å². The maximum absolute atomic E-state index is 12.9. The molecule has 1 amide bonds. The van der Waals surface area contributed by atoms with Crippen LogP contribution in [0.4, 0.5) is 18.9 Å². The number of hydrogen-bond donors (Lipinski definition) is 1. The fraction of sp³-hybridized carbons (Fsp3) is 0.250. The first-order chi connectivity index (χ1) is 13.5. The van der Waals surface area contributed by atoms with Crippen LogP contribution >= 0.6 is 0 Å². The first kappa shape index (κ1) is 20.9. The van der Waals surface area contributed by atoms with E-state index in [1.54, 1.807) is 6.07 Å². The van der Waals surface area contributed by atoms with Crippen LogP contribution in [0.15, 0.2) is 53.4 Å². The van der Waals surface area contributed by atoms with E-state index >= 15 is 0 Å². The summed E-state index contributed by atoms with van der Waals surface area (Å²) < 4.78 is 67.6. The second-order valence-corrected chi connectivity index (χ2v) is 8.64. The van der Waals surface area contributed by atoms with Gasteiger partial charge < -0.3 is 10.1 Å². The van der Waals surface area contributed by atoms with E-state index in [1.807, 2.05) is 0 Å². The summed E-state index contributed by atoms with van der Waals surface area (Å²) in [5, 5.41) is 2.59. The van der Waals surface area contributed by atoms with Crippen molar-refractivity contribution < 1.29 is 31.1 Å². The highest BCUT2D eigenvalue weighted by atomic mass is 32.2. The molecule has 0 saturated carbocycles. The molecule has 5 nitrogen and oxygen atoms in total. The number of nitrogens with one attached hydrogen (secondary N) is 1. The molecule has 0 aliphatic carbocycles. The Hall–Kier alpha value is -2.81. The number of carbonyl (C=O) groups excluding carboxylic acids is 1. The van der Waals surface area contributed by atoms with Crippen molar-refractivity contribution in [1.29, 1.82) is 0 Å². The van der Waals surface area contributed by atoms with E-state index in [9.17, 15) is 26.4 Å². The molecule has 154 valence electrons. The van der Waals surface area contributed by atoms with Gasteiger partial charge in [-0.1, -0.05) is 12.1 Å². The van der Waals surface area contributed by atoms with Crippen molar-refractivity contribution in [1.82, 2.24) is 0 Å². The molecule has 2 aromatic carbocycles. The largest absolute Gasteiger partial charge is 0.493 e. The molecule has 3 rings (SSSR count). The first-order valence-corrected chi connectivity index (χ1v) is 10.6. The Kier molecular flexibility index (Phi) is 5.70. The number of carbonyl (C=O) groups is 1. The quantitative estimate of drug-likeness (QED) is 0.744. The van der Waals surface area contributed by atoms with Crippen molar-refractivity contribution in [3.63, 3.8) is 0 Å². The number of alkyl halides is 3. The Bertz CT molecular complexity index is 1080. The Morgan fingerprint density at radius 2 is 1.93 bits per heavy atom. The molecule has 0 bridgehead atoms. The predicted octanol–water partition coefficient (Wildman–Crippen LogP) is 4.30. The van der Waals surface area contributed by atoms with Gasteiger partial charge in [0.15, 0.2) is 9.84 Å². The highest BCUT2D eigenvalue weighted by Crippen LogP contribution is 2.38. The Morgan fingerprint density at radius 3 is 2.62 bits per heavy atom. The number of halogens is 3. The van der Waals surface area contributed by atoms with Crippen LogP contribution in [0.5, 0.6) is 5.75 Å². The maximum Gasteiger partial charge on any atom is 0.416 e. The molecule has 29 heavy (non-hydrogen) atoms. The zero-order valence-electron chi connectivity index (χ0n) is 15.4. The van der Waals surface area contributed by atoms with Crippen LogP contribution < -0.4 is 10.1 Å². The average Bonchev–Trinajstić information content (AvgIpc) is 2.82. The van der Waals surface area contributed by atoms with Gasteiger partial charge in [0, 0.05) is 23.6 Å². The smallest absolute Gasteiger partial charge is 0.416 e. The van der Waals surface area contributed by atoms with Gasteiger partial charge in [-0.05, 0) is 48.7 Å².